The van der Waals surface area contributed by atoms with Crippen LogP contribution in [0.25, 0.3) is 0 Å². The van der Waals surface area contributed by atoms with Crippen molar-refractivity contribution in [3.63, 3.8) is 0 Å². The van der Waals surface area contributed by atoms with Crippen LogP contribution in [-0.4, -0.2) is 44.9 Å². The van der Waals surface area contributed by atoms with E-state index in [1.807, 2.05) is 0 Å². The first-order valence-corrected chi connectivity index (χ1v) is 7.05. The van der Waals surface area contributed by atoms with Gasteiger partial charge in [-0.3, -0.25) is 4.57 Å². The predicted octanol–water partition coefficient (Wildman–Crippen LogP) is 0.375. The largest absolute Gasteiger partial charge is 0.396 e. The van der Waals surface area contributed by atoms with E-state index in [4.69, 9.17) is 4.89 Å². The summed E-state index contributed by atoms with van der Waals surface area (Å²) in [6.45, 7) is -0.303. The number of hydrogen-bond acceptors (Lipinski definition) is 6. The minimum atomic E-state index is -3.24. The Balaban J connectivity index is 2.05. The van der Waals surface area contributed by atoms with Crippen LogP contribution in [0.15, 0.2) is 18.6 Å². The van der Waals surface area contributed by atoms with Gasteiger partial charge in [0.1, 0.15) is 24.4 Å². The number of alkyl halides is 1. The van der Waals surface area contributed by atoms with E-state index in [1.54, 1.807) is 6.07 Å². The highest BCUT2D eigenvalue weighted by molar-refractivity contribution is 7.32. The quantitative estimate of drug-likeness (QED) is 0.673. The Bertz CT molecular complexity index is 438. The average molecular weight is 291 g/mol. The van der Waals surface area contributed by atoms with Crippen LogP contribution >= 0.6 is 8.25 Å². The molecule has 2 unspecified atom stereocenters. The van der Waals surface area contributed by atoms with E-state index < -0.39 is 32.5 Å². The van der Waals surface area contributed by atoms with Crippen LogP contribution < -0.4 is 5.32 Å². The van der Waals surface area contributed by atoms with Gasteiger partial charge >= 0.3 is 8.25 Å². The summed E-state index contributed by atoms with van der Waals surface area (Å²) in [4.78, 5) is 16.4. The number of rotatable bonds is 5. The van der Waals surface area contributed by atoms with Gasteiger partial charge in [0.25, 0.3) is 0 Å². The molecule has 0 aromatic carbocycles. The molecule has 19 heavy (non-hydrogen) atoms. The zero-order chi connectivity index (χ0) is 13.8. The van der Waals surface area contributed by atoms with Gasteiger partial charge in [-0.25, -0.2) is 14.4 Å². The number of aliphatic hydroxyl groups excluding tert-OH is 1. The van der Waals surface area contributed by atoms with E-state index in [-0.39, 0.29) is 6.61 Å². The minimum Gasteiger partial charge on any atom is -0.396 e. The molecule has 0 amide bonds. The molecule has 9 heteroatoms. The van der Waals surface area contributed by atoms with Crippen LogP contribution in [-0.2, 0) is 9.09 Å². The molecule has 1 fully saturated rings. The van der Waals surface area contributed by atoms with Gasteiger partial charge < -0.3 is 19.8 Å². The molecule has 0 spiro atoms. The van der Waals surface area contributed by atoms with E-state index in [0.29, 0.717) is 12.2 Å². The first kappa shape index (κ1) is 14.3. The lowest BCUT2D eigenvalue weighted by Crippen LogP contribution is -2.33. The van der Waals surface area contributed by atoms with Crippen LogP contribution in [0.3, 0.4) is 0 Å². The van der Waals surface area contributed by atoms with Crippen molar-refractivity contribution in [1.29, 1.82) is 0 Å². The molecule has 7 nitrogen and oxygen atoms in total. The van der Waals surface area contributed by atoms with Gasteiger partial charge in [-0.15, -0.1) is 0 Å². The number of aliphatic hydroxyl groups is 1. The fourth-order valence-corrected chi connectivity index (χ4v) is 2.80. The second-order valence-corrected chi connectivity index (χ2v) is 5.08. The van der Waals surface area contributed by atoms with Crippen LogP contribution in [0.1, 0.15) is 6.42 Å². The highest BCUT2D eigenvalue weighted by Gasteiger charge is 2.45. The first-order valence-electron chi connectivity index (χ1n) is 5.79. The third-order valence-electron chi connectivity index (χ3n) is 3.11. The maximum absolute atomic E-state index is 14.2. The van der Waals surface area contributed by atoms with E-state index in [0.717, 1.165) is 0 Å². The number of nitrogens with one attached hydrogen (secondary N) is 1. The second-order valence-electron chi connectivity index (χ2n) is 4.32. The molecule has 1 aromatic rings. The SMILES string of the molecule is O=[PH](O)OC1[C@@H](CO)C[C@@H](Nc2ccncn2)[C@H]1F. The molecule has 1 heterocycles. The Morgan fingerprint density at radius 3 is 3.00 bits per heavy atom. The smallest absolute Gasteiger partial charge is 0.316 e. The van der Waals surface area contributed by atoms with E-state index in [1.165, 1.54) is 12.5 Å². The summed E-state index contributed by atoms with van der Waals surface area (Å²) < 4.78 is 29.5. The maximum Gasteiger partial charge on any atom is 0.316 e. The summed E-state index contributed by atoms with van der Waals surface area (Å²) in [6.07, 6.45) is 0.561. The zero-order valence-corrected chi connectivity index (χ0v) is 10.9. The number of anilines is 1. The van der Waals surface area contributed by atoms with Crippen molar-refractivity contribution in [2.24, 2.45) is 5.92 Å². The number of nitrogens with zero attached hydrogens (tertiary/aromatic N) is 2. The lowest BCUT2D eigenvalue weighted by molar-refractivity contribution is 0.0612. The molecular formula is C10H15FN3O4P. The van der Waals surface area contributed by atoms with Crippen molar-refractivity contribution >= 4 is 14.1 Å². The molecule has 0 radical (unpaired) electrons. The molecule has 0 saturated heterocycles. The normalized spacial score (nSPS) is 32.2. The Hall–Kier alpha value is -1.08. The Kier molecular flexibility index (Phi) is 4.81. The van der Waals surface area contributed by atoms with Crippen molar-refractivity contribution < 1.29 is 23.5 Å². The van der Waals surface area contributed by atoms with Gasteiger partial charge in [-0.2, -0.15) is 0 Å². The summed E-state index contributed by atoms with van der Waals surface area (Å²) in [7, 11) is -3.24. The lowest BCUT2D eigenvalue weighted by Gasteiger charge is -2.19. The van der Waals surface area contributed by atoms with Crippen LogP contribution in [0.4, 0.5) is 10.2 Å². The third-order valence-corrected chi connectivity index (χ3v) is 3.58. The minimum absolute atomic E-state index is 0.293. The summed E-state index contributed by atoms with van der Waals surface area (Å²) in [5, 5.41) is 12.0. The van der Waals surface area contributed by atoms with Crippen molar-refractivity contribution in [1.82, 2.24) is 9.97 Å². The Labute approximate surface area is 109 Å². The zero-order valence-electron chi connectivity index (χ0n) is 9.94. The molecule has 1 saturated carbocycles. The molecule has 5 atom stereocenters. The van der Waals surface area contributed by atoms with Gasteiger partial charge in [0.05, 0.1) is 6.04 Å². The van der Waals surface area contributed by atoms with Crippen LogP contribution in [0.5, 0.6) is 0 Å². The molecular weight excluding hydrogens is 276 g/mol. The molecule has 1 aliphatic rings. The first-order chi connectivity index (χ1) is 9.11. The highest BCUT2D eigenvalue weighted by atomic mass is 31.1. The van der Waals surface area contributed by atoms with E-state index in [9.17, 15) is 14.1 Å². The Morgan fingerprint density at radius 2 is 2.42 bits per heavy atom. The molecule has 0 aliphatic heterocycles. The standard InChI is InChI=1S/C10H15FN3O4P/c11-9-7(14-8-1-2-12-5-13-8)3-6(4-15)10(9)18-19(16)17/h1-2,5-7,9-10,15,19H,3-4H2,(H,16,17)(H,12,13,14)/t6-,7-,9-,10?/m1/s1. The molecule has 0 bridgehead atoms. The van der Waals surface area contributed by atoms with Gasteiger partial charge in [-0.05, 0) is 12.5 Å². The third kappa shape index (κ3) is 3.48. The van der Waals surface area contributed by atoms with Crippen LogP contribution in [0.2, 0.25) is 0 Å². The molecule has 106 valence electrons. The van der Waals surface area contributed by atoms with E-state index >= 15 is 0 Å². The van der Waals surface area contributed by atoms with E-state index in [2.05, 4.69) is 19.8 Å². The van der Waals surface area contributed by atoms with Gasteiger partial charge in [0.15, 0.2) is 0 Å². The summed E-state index contributed by atoms with van der Waals surface area (Å²) in [5.74, 6) is -0.0629. The monoisotopic (exact) mass is 291 g/mol. The van der Waals surface area contributed by atoms with Crippen LogP contribution in [0, 0.1) is 5.92 Å². The lowest BCUT2D eigenvalue weighted by atomic mass is 10.1. The second kappa shape index (κ2) is 6.38. The van der Waals surface area contributed by atoms with Crippen molar-refractivity contribution in [3.8, 4) is 0 Å². The summed E-state index contributed by atoms with van der Waals surface area (Å²) >= 11 is 0. The molecule has 1 aliphatic carbocycles. The average Bonchev–Trinajstić information content (AvgIpc) is 2.68. The number of halogens is 1. The van der Waals surface area contributed by atoms with Gasteiger partial charge in [0, 0.05) is 18.7 Å². The fourth-order valence-electron chi connectivity index (χ4n) is 2.24. The molecule has 1 aromatic heterocycles. The summed E-state index contributed by atoms with van der Waals surface area (Å²) in [6, 6.07) is 0.961. The number of hydrogen-bond donors (Lipinski definition) is 3. The fraction of sp³-hybridized carbons (Fsp3) is 0.600. The molecule has 3 N–H and O–H groups in total. The Morgan fingerprint density at radius 1 is 1.63 bits per heavy atom. The predicted molar refractivity (Wildman–Crippen MR) is 65.6 cm³/mol. The van der Waals surface area contributed by atoms with Crippen molar-refractivity contribution in [2.75, 3.05) is 11.9 Å². The van der Waals surface area contributed by atoms with Crippen molar-refractivity contribution in [3.05, 3.63) is 18.6 Å². The maximum atomic E-state index is 14.2. The number of aromatic nitrogens is 2. The molecule has 2 rings (SSSR count). The van der Waals surface area contributed by atoms with Crippen molar-refractivity contribution in [2.45, 2.75) is 24.7 Å². The topological polar surface area (TPSA) is 105 Å². The van der Waals surface area contributed by atoms with Gasteiger partial charge in [-0.1, -0.05) is 0 Å². The van der Waals surface area contributed by atoms with Gasteiger partial charge in [0.2, 0.25) is 0 Å². The highest BCUT2D eigenvalue weighted by Crippen LogP contribution is 2.37. The summed E-state index contributed by atoms with van der Waals surface area (Å²) in [5.41, 5.74) is 0.